The molecule has 0 aliphatic heterocycles. The summed E-state index contributed by atoms with van der Waals surface area (Å²) in [7, 11) is 0. The van der Waals surface area contributed by atoms with E-state index in [1.807, 2.05) is 0 Å². The zero-order chi connectivity index (χ0) is 13.0. The van der Waals surface area contributed by atoms with Gasteiger partial charge in [0.2, 0.25) is 5.78 Å². The number of carbonyl (C=O) groups excluding carboxylic acids is 1. The van der Waals surface area contributed by atoms with Gasteiger partial charge in [-0.2, -0.15) is 0 Å². The van der Waals surface area contributed by atoms with E-state index < -0.39 is 0 Å². The zero-order valence-corrected chi connectivity index (χ0v) is 9.66. The van der Waals surface area contributed by atoms with E-state index in [1.54, 1.807) is 30.6 Å². The van der Waals surface area contributed by atoms with Crippen LogP contribution in [-0.2, 0) is 0 Å². The Labute approximate surface area is 107 Å². The van der Waals surface area contributed by atoms with Crippen LogP contribution >= 0.6 is 0 Å². The lowest BCUT2D eigenvalue weighted by molar-refractivity contribution is 0.103. The SMILES string of the molecule is O=C1c2ncccc2-c2nccc3c(O)cnc1c23. The van der Waals surface area contributed by atoms with Gasteiger partial charge in [0.05, 0.1) is 11.9 Å². The molecule has 0 aromatic carbocycles. The Bertz CT molecular complexity index is 858. The van der Waals surface area contributed by atoms with Crippen LogP contribution in [-0.4, -0.2) is 25.8 Å². The van der Waals surface area contributed by atoms with Crippen LogP contribution in [0.15, 0.2) is 36.8 Å². The molecule has 0 saturated carbocycles. The third kappa shape index (κ3) is 1.18. The number of aromatic nitrogens is 3. The Morgan fingerprint density at radius 1 is 0.947 bits per heavy atom. The van der Waals surface area contributed by atoms with Crippen LogP contribution in [0.25, 0.3) is 22.0 Å². The molecule has 0 fully saturated rings. The fourth-order valence-corrected chi connectivity index (χ4v) is 2.44. The first-order chi connectivity index (χ1) is 9.27. The molecule has 0 saturated heterocycles. The predicted octanol–water partition coefficient (Wildman–Crippen LogP) is 1.94. The molecule has 1 N–H and O–H groups in total. The number of rotatable bonds is 0. The van der Waals surface area contributed by atoms with Gasteiger partial charge in [0.15, 0.2) is 0 Å². The summed E-state index contributed by atoms with van der Waals surface area (Å²) >= 11 is 0. The summed E-state index contributed by atoms with van der Waals surface area (Å²) in [5, 5.41) is 11.0. The number of ketones is 1. The number of fused-ring (bicyclic) bond motifs is 2. The van der Waals surface area contributed by atoms with Crippen molar-refractivity contribution >= 4 is 16.6 Å². The molecule has 3 aromatic rings. The second-order valence-electron chi connectivity index (χ2n) is 4.30. The molecular weight excluding hydrogens is 242 g/mol. The number of carbonyl (C=O) groups is 1. The number of aromatic hydroxyl groups is 1. The third-order valence-electron chi connectivity index (χ3n) is 3.27. The van der Waals surface area contributed by atoms with Crippen molar-refractivity contribution in [1.29, 1.82) is 0 Å². The van der Waals surface area contributed by atoms with Gasteiger partial charge in [0.1, 0.15) is 17.1 Å². The highest BCUT2D eigenvalue weighted by atomic mass is 16.3. The van der Waals surface area contributed by atoms with E-state index in [4.69, 9.17) is 0 Å². The minimum absolute atomic E-state index is 0.0440. The van der Waals surface area contributed by atoms with Gasteiger partial charge in [-0.1, -0.05) is 0 Å². The molecule has 0 atom stereocenters. The summed E-state index contributed by atoms with van der Waals surface area (Å²) in [6, 6.07) is 5.23. The number of nitrogens with zero attached hydrogens (tertiary/aromatic N) is 3. The third-order valence-corrected chi connectivity index (χ3v) is 3.27. The molecule has 0 unspecified atom stereocenters. The molecule has 0 spiro atoms. The van der Waals surface area contributed by atoms with Crippen molar-refractivity contribution in [2.24, 2.45) is 0 Å². The predicted molar refractivity (Wildman–Crippen MR) is 67.9 cm³/mol. The lowest BCUT2D eigenvalue weighted by Crippen LogP contribution is -2.14. The van der Waals surface area contributed by atoms with Crippen molar-refractivity contribution in [2.75, 3.05) is 0 Å². The van der Waals surface area contributed by atoms with Gasteiger partial charge < -0.3 is 5.11 Å². The van der Waals surface area contributed by atoms with Gasteiger partial charge in [-0.3, -0.25) is 14.8 Å². The van der Waals surface area contributed by atoms with Crippen molar-refractivity contribution in [3.8, 4) is 17.0 Å². The second kappa shape index (κ2) is 3.35. The first-order valence-electron chi connectivity index (χ1n) is 5.74. The molecule has 1 aliphatic rings. The molecule has 0 radical (unpaired) electrons. The van der Waals surface area contributed by atoms with Gasteiger partial charge >= 0.3 is 0 Å². The van der Waals surface area contributed by atoms with Gasteiger partial charge in [-0.25, -0.2) is 4.98 Å². The lowest BCUT2D eigenvalue weighted by Gasteiger charge is -2.17. The fourth-order valence-electron chi connectivity index (χ4n) is 2.44. The monoisotopic (exact) mass is 249 g/mol. The van der Waals surface area contributed by atoms with Crippen LogP contribution in [0.3, 0.4) is 0 Å². The Hall–Kier alpha value is -2.82. The Kier molecular flexibility index (Phi) is 1.79. The van der Waals surface area contributed by atoms with Gasteiger partial charge in [0.25, 0.3) is 0 Å². The van der Waals surface area contributed by atoms with Crippen molar-refractivity contribution in [2.45, 2.75) is 0 Å². The summed E-state index contributed by atoms with van der Waals surface area (Å²) in [4.78, 5) is 24.8. The van der Waals surface area contributed by atoms with E-state index in [0.717, 1.165) is 0 Å². The molecule has 4 rings (SSSR count). The first-order valence-corrected chi connectivity index (χ1v) is 5.74. The summed E-state index contributed by atoms with van der Waals surface area (Å²) in [5.74, 6) is -0.191. The maximum absolute atomic E-state index is 12.4. The topological polar surface area (TPSA) is 76.0 Å². The fraction of sp³-hybridized carbons (Fsp3) is 0. The molecule has 1 aliphatic carbocycles. The molecule has 3 aromatic heterocycles. The second-order valence-corrected chi connectivity index (χ2v) is 4.30. The average Bonchev–Trinajstić information content (AvgIpc) is 2.46. The summed E-state index contributed by atoms with van der Waals surface area (Å²) in [6.07, 6.45) is 4.46. The van der Waals surface area contributed by atoms with Gasteiger partial charge in [-0.15, -0.1) is 0 Å². The largest absolute Gasteiger partial charge is 0.506 e. The van der Waals surface area contributed by atoms with Crippen LogP contribution < -0.4 is 0 Å². The Morgan fingerprint density at radius 2 is 1.79 bits per heavy atom. The smallest absolute Gasteiger partial charge is 0.231 e. The van der Waals surface area contributed by atoms with E-state index in [2.05, 4.69) is 15.0 Å². The minimum atomic E-state index is -0.235. The number of hydrogen-bond donors (Lipinski definition) is 1. The summed E-state index contributed by atoms with van der Waals surface area (Å²) in [5.41, 5.74) is 1.96. The molecule has 90 valence electrons. The standard InChI is InChI=1S/C14H7N3O2/c18-9-6-17-13-10-7(9)3-5-16-11(10)8-2-1-4-15-12(8)14(13)19/h1-6,18H. The van der Waals surface area contributed by atoms with Crippen LogP contribution in [0.4, 0.5) is 0 Å². The van der Waals surface area contributed by atoms with E-state index in [9.17, 15) is 9.90 Å². The maximum atomic E-state index is 12.4. The highest BCUT2D eigenvalue weighted by molar-refractivity contribution is 6.23. The van der Waals surface area contributed by atoms with E-state index >= 15 is 0 Å². The van der Waals surface area contributed by atoms with Crippen molar-refractivity contribution in [1.82, 2.24) is 15.0 Å². The van der Waals surface area contributed by atoms with Gasteiger partial charge in [0, 0.05) is 28.7 Å². The highest BCUT2D eigenvalue weighted by Gasteiger charge is 2.28. The first kappa shape index (κ1) is 10.1. The molecule has 5 heteroatoms. The van der Waals surface area contributed by atoms with Crippen molar-refractivity contribution in [3.05, 3.63) is 48.2 Å². The Balaban J connectivity index is 2.28. The van der Waals surface area contributed by atoms with Crippen LogP contribution in [0, 0.1) is 0 Å². The normalized spacial score (nSPS) is 12.5. The molecule has 5 nitrogen and oxygen atoms in total. The number of pyridine rings is 3. The maximum Gasteiger partial charge on any atom is 0.231 e. The van der Waals surface area contributed by atoms with E-state index in [0.29, 0.717) is 33.4 Å². The van der Waals surface area contributed by atoms with E-state index in [-0.39, 0.29) is 11.5 Å². The van der Waals surface area contributed by atoms with Gasteiger partial charge in [-0.05, 0) is 18.2 Å². The molecular formula is C14H7N3O2. The van der Waals surface area contributed by atoms with Crippen molar-refractivity contribution < 1.29 is 9.90 Å². The minimum Gasteiger partial charge on any atom is -0.506 e. The van der Waals surface area contributed by atoms with Crippen LogP contribution in [0.1, 0.15) is 16.2 Å². The zero-order valence-electron chi connectivity index (χ0n) is 9.66. The lowest BCUT2D eigenvalue weighted by atomic mass is 9.92. The van der Waals surface area contributed by atoms with Crippen LogP contribution in [0.5, 0.6) is 5.75 Å². The van der Waals surface area contributed by atoms with Crippen LogP contribution in [0.2, 0.25) is 0 Å². The highest BCUT2D eigenvalue weighted by Crippen LogP contribution is 2.38. The average molecular weight is 249 g/mol. The molecule has 19 heavy (non-hydrogen) atoms. The van der Waals surface area contributed by atoms with Crippen molar-refractivity contribution in [3.63, 3.8) is 0 Å². The number of hydrogen-bond acceptors (Lipinski definition) is 5. The Morgan fingerprint density at radius 3 is 2.68 bits per heavy atom. The summed E-state index contributed by atoms with van der Waals surface area (Å²) in [6.45, 7) is 0. The summed E-state index contributed by atoms with van der Waals surface area (Å²) < 4.78 is 0. The molecule has 3 heterocycles. The van der Waals surface area contributed by atoms with E-state index in [1.165, 1.54) is 6.20 Å². The molecule has 0 bridgehead atoms. The quantitative estimate of drug-likeness (QED) is 0.515. The molecule has 0 amide bonds.